The fourth-order valence-electron chi connectivity index (χ4n) is 5.96. The fourth-order valence-corrected chi connectivity index (χ4v) is 7.73. The van der Waals surface area contributed by atoms with Crippen molar-refractivity contribution >= 4 is 8.53 Å². The van der Waals surface area contributed by atoms with E-state index in [0.29, 0.717) is 11.1 Å². The molecule has 0 aromatic rings. The molecule has 0 aromatic heterocycles. The minimum Gasteiger partial charge on any atom is -0.313 e. The number of hydrogen-bond donors (Lipinski definition) is 2. The van der Waals surface area contributed by atoms with Gasteiger partial charge in [0.1, 0.15) is 0 Å². The molecule has 35 heavy (non-hydrogen) atoms. The Balaban J connectivity index is 1.44. The van der Waals surface area contributed by atoms with Gasteiger partial charge in [-0.2, -0.15) is 0 Å². The lowest BCUT2D eigenvalue weighted by Crippen LogP contribution is -2.64. The zero-order valence-corrected chi connectivity index (χ0v) is 25.9. The molecule has 2 saturated heterocycles. The average molecular weight is 513 g/mol. The molecule has 0 aliphatic carbocycles. The second-order valence-electron chi connectivity index (χ2n) is 13.3. The van der Waals surface area contributed by atoms with E-state index in [1.165, 1.54) is 89.9 Å². The van der Waals surface area contributed by atoms with Crippen molar-refractivity contribution in [3.8, 4) is 0 Å². The topological polar surface area (TPSA) is 42.5 Å². The van der Waals surface area contributed by atoms with Gasteiger partial charge in [-0.1, -0.05) is 85.0 Å². The van der Waals surface area contributed by atoms with Gasteiger partial charge in [-0.3, -0.25) is 5.09 Å². The molecule has 2 aliphatic heterocycles. The first-order chi connectivity index (χ1) is 16.4. The molecular weight excluding hydrogens is 451 g/mol. The summed E-state index contributed by atoms with van der Waals surface area (Å²) in [5, 5.41) is 7.52. The van der Waals surface area contributed by atoms with Crippen molar-refractivity contribution in [1.29, 1.82) is 0 Å². The van der Waals surface area contributed by atoms with Gasteiger partial charge in [0.25, 0.3) is 8.53 Å². The summed E-state index contributed by atoms with van der Waals surface area (Å²) in [5.41, 5.74) is 0.191. The van der Waals surface area contributed by atoms with Gasteiger partial charge in [0.05, 0.1) is 11.2 Å². The molecule has 2 N–H and O–H groups in total. The number of rotatable bonds is 16. The maximum Gasteiger partial charge on any atom is 0.257 e. The number of nitrogens with one attached hydrogen (secondary N) is 2. The van der Waals surface area contributed by atoms with Crippen LogP contribution in [0.5, 0.6) is 0 Å². The lowest BCUT2D eigenvalue weighted by atomic mass is 9.64. The minimum atomic E-state index is -0.931. The van der Waals surface area contributed by atoms with Crippen molar-refractivity contribution < 1.29 is 9.05 Å². The number of hydrogen-bond acceptors (Lipinski definition) is 4. The summed E-state index contributed by atoms with van der Waals surface area (Å²) in [6.07, 6.45) is 19.1. The molecule has 2 aliphatic rings. The molecule has 2 heterocycles. The van der Waals surface area contributed by atoms with Gasteiger partial charge in [-0.15, -0.1) is 0 Å². The van der Waals surface area contributed by atoms with Gasteiger partial charge >= 0.3 is 0 Å². The van der Waals surface area contributed by atoms with Crippen LogP contribution < -0.4 is 10.4 Å². The normalized spacial score (nSPS) is 32.8. The molecule has 0 spiro atoms. The number of unbranched alkanes of at least 4 members (excludes halogenated alkanes) is 9. The highest BCUT2D eigenvalue weighted by atomic mass is 31.2. The number of piperidine rings is 1. The van der Waals surface area contributed by atoms with Crippen LogP contribution in [-0.4, -0.2) is 28.8 Å². The van der Waals surface area contributed by atoms with E-state index in [1.54, 1.807) is 0 Å². The van der Waals surface area contributed by atoms with Crippen molar-refractivity contribution in [3.05, 3.63) is 0 Å². The molecule has 0 radical (unpaired) electrons. The van der Waals surface area contributed by atoms with E-state index in [9.17, 15) is 0 Å². The van der Waals surface area contributed by atoms with Gasteiger partial charge in [0.2, 0.25) is 0 Å². The van der Waals surface area contributed by atoms with E-state index in [1.807, 2.05) is 0 Å². The van der Waals surface area contributed by atoms with Crippen LogP contribution >= 0.6 is 8.53 Å². The molecule has 2 rings (SSSR count). The highest BCUT2D eigenvalue weighted by Gasteiger charge is 2.50. The van der Waals surface area contributed by atoms with Crippen LogP contribution in [0.4, 0.5) is 0 Å². The summed E-state index contributed by atoms with van der Waals surface area (Å²) in [4.78, 5) is 0. The van der Waals surface area contributed by atoms with Crippen LogP contribution in [0.1, 0.15) is 152 Å². The Bertz CT molecular complexity index is 597. The summed E-state index contributed by atoms with van der Waals surface area (Å²) in [5.74, 6) is 1.66. The predicted molar refractivity (Wildman–Crippen MR) is 154 cm³/mol. The second-order valence-corrected chi connectivity index (χ2v) is 14.5. The van der Waals surface area contributed by atoms with Crippen molar-refractivity contribution in [2.75, 3.05) is 6.54 Å². The molecule has 0 aromatic carbocycles. The highest BCUT2D eigenvalue weighted by Crippen LogP contribution is 2.55. The molecule has 208 valence electrons. The van der Waals surface area contributed by atoms with Crippen LogP contribution in [0.15, 0.2) is 0 Å². The van der Waals surface area contributed by atoms with Gasteiger partial charge in [-0.05, 0) is 79.1 Å². The average Bonchev–Trinajstić information content (AvgIpc) is 3.00. The first kappa shape index (κ1) is 31.5. The highest BCUT2D eigenvalue weighted by molar-refractivity contribution is 7.45. The second kappa shape index (κ2) is 13.9. The lowest BCUT2D eigenvalue weighted by Gasteiger charge is -2.54. The Morgan fingerprint density at radius 1 is 0.743 bits per heavy atom. The van der Waals surface area contributed by atoms with E-state index >= 15 is 0 Å². The SMILES string of the molecule is CCC1(C)CC(CCCCCCCCCCCCNP2OC(C)(C)C(C)(C)O2)C(C)C(C)(CC)N1. The largest absolute Gasteiger partial charge is 0.313 e. The Labute approximate surface area is 220 Å². The van der Waals surface area contributed by atoms with Gasteiger partial charge in [0, 0.05) is 17.6 Å². The zero-order valence-electron chi connectivity index (χ0n) is 25.0. The Morgan fingerprint density at radius 3 is 1.71 bits per heavy atom. The third-order valence-corrected chi connectivity index (χ3v) is 11.6. The summed E-state index contributed by atoms with van der Waals surface area (Å²) in [6.45, 7) is 21.6. The molecule has 0 amide bonds. The summed E-state index contributed by atoms with van der Waals surface area (Å²) in [7, 11) is -0.931. The summed E-state index contributed by atoms with van der Waals surface area (Å²) in [6, 6.07) is 0. The Hall–Kier alpha value is 0.270. The van der Waals surface area contributed by atoms with Crippen LogP contribution in [0.2, 0.25) is 0 Å². The van der Waals surface area contributed by atoms with Gasteiger partial charge in [-0.25, -0.2) is 0 Å². The summed E-state index contributed by atoms with van der Waals surface area (Å²) < 4.78 is 12.1. The van der Waals surface area contributed by atoms with Crippen LogP contribution in [-0.2, 0) is 9.05 Å². The maximum absolute atomic E-state index is 6.06. The Kier molecular flexibility index (Phi) is 12.5. The van der Waals surface area contributed by atoms with Crippen molar-refractivity contribution in [2.45, 2.75) is 174 Å². The monoisotopic (exact) mass is 512 g/mol. The third-order valence-electron chi connectivity index (χ3n) is 9.84. The van der Waals surface area contributed by atoms with Crippen molar-refractivity contribution in [3.63, 3.8) is 0 Å². The molecule has 4 nitrogen and oxygen atoms in total. The van der Waals surface area contributed by atoms with E-state index in [4.69, 9.17) is 9.05 Å². The molecular formula is C30H61N2O2P. The predicted octanol–water partition coefficient (Wildman–Crippen LogP) is 9.28. The van der Waals surface area contributed by atoms with E-state index in [0.717, 1.165) is 18.4 Å². The van der Waals surface area contributed by atoms with Crippen LogP contribution in [0, 0.1) is 11.8 Å². The van der Waals surface area contributed by atoms with Crippen molar-refractivity contribution in [2.24, 2.45) is 11.8 Å². The lowest BCUT2D eigenvalue weighted by molar-refractivity contribution is 0.00578. The third kappa shape index (κ3) is 9.20. The van der Waals surface area contributed by atoms with Crippen molar-refractivity contribution in [1.82, 2.24) is 10.4 Å². The molecule has 4 unspecified atom stereocenters. The first-order valence-electron chi connectivity index (χ1n) is 15.1. The molecule has 0 bridgehead atoms. The summed E-state index contributed by atoms with van der Waals surface area (Å²) >= 11 is 0. The molecule has 2 fully saturated rings. The zero-order chi connectivity index (χ0) is 26.2. The molecule has 0 saturated carbocycles. The molecule has 4 atom stereocenters. The van der Waals surface area contributed by atoms with E-state index in [2.05, 4.69) is 72.7 Å². The van der Waals surface area contributed by atoms with Crippen LogP contribution in [0.3, 0.4) is 0 Å². The quantitative estimate of drug-likeness (QED) is 0.160. The van der Waals surface area contributed by atoms with Crippen LogP contribution in [0.25, 0.3) is 0 Å². The smallest absolute Gasteiger partial charge is 0.257 e. The van der Waals surface area contributed by atoms with Gasteiger partial charge in [0.15, 0.2) is 0 Å². The maximum atomic E-state index is 6.06. The van der Waals surface area contributed by atoms with E-state index < -0.39 is 8.53 Å². The van der Waals surface area contributed by atoms with E-state index in [-0.39, 0.29) is 11.2 Å². The standard InChI is InChI=1S/C30H61N2O2P/c1-10-29(8)24-26(25(3)30(9,11-2)32-29)22-20-18-16-14-12-13-15-17-19-21-23-31-35-33-27(4,5)28(6,7)34-35/h25-26,31-32H,10-24H2,1-9H3. The van der Waals surface area contributed by atoms with Gasteiger partial charge < -0.3 is 14.4 Å². The Morgan fingerprint density at radius 2 is 1.23 bits per heavy atom. The first-order valence-corrected chi connectivity index (χ1v) is 16.3. The molecule has 5 heteroatoms. The minimum absolute atomic E-state index is 0.218. The fraction of sp³-hybridized carbons (Fsp3) is 1.00.